The Balaban J connectivity index is 1.98. The summed E-state index contributed by atoms with van der Waals surface area (Å²) in [7, 11) is 0. The summed E-state index contributed by atoms with van der Waals surface area (Å²) < 4.78 is 6.00. The van der Waals surface area contributed by atoms with Crippen molar-refractivity contribution in [3.05, 3.63) is 58.6 Å². The first-order chi connectivity index (χ1) is 9.74. The van der Waals surface area contributed by atoms with E-state index in [1.807, 2.05) is 36.4 Å². The van der Waals surface area contributed by atoms with E-state index in [4.69, 9.17) is 16.3 Å². The smallest absolute Gasteiger partial charge is 0.228 e. The molecule has 1 fully saturated rings. The molecule has 0 radical (unpaired) electrons. The molecule has 0 aliphatic carbocycles. The molecule has 4 heteroatoms. The van der Waals surface area contributed by atoms with Gasteiger partial charge in [0.25, 0.3) is 0 Å². The van der Waals surface area contributed by atoms with Gasteiger partial charge in [-0.2, -0.15) is 0 Å². The first-order valence-electron chi connectivity index (χ1n) is 6.58. The van der Waals surface area contributed by atoms with Gasteiger partial charge < -0.3 is 10.1 Å². The molecule has 0 saturated carbocycles. The number of rotatable bonds is 0. The van der Waals surface area contributed by atoms with Gasteiger partial charge in [0.05, 0.1) is 5.92 Å². The van der Waals surface area contributed by atoms with Crippen LogP contribution in [0, 0.1) is 0 Å². The van der Waals surface area contributed by atoms with Gasteiger partial charge in [0.15, 0.2) is 0 Å². The molecule has 0 aromatic heterocycles. The zero-order valence-electron chi connectivity index (χ0n) is 10.6. The Hall–Kier alpha value is -2.00. The number of fused-ring (bicyclic) bond motifs is 5. The minimum atomic E-state index is -0.229. The number of benzene rings is 2. The molecule has 1 amide bonds. The van der Waals surface area contributed by atoms with Crippen LogP contribution in [0.1, 0.15) is 23.0 Å². The van der Waals surface area contributed by atoms with E-state index in [9.17, 15) is 4.79 Å². The molecule has 2 aliphatic heterocycles. The lowest BCUT2D eigenvalue weighted by Gasteiger charge is -2.15. The van der Waals surface area contributed by atoms with Crippen LogP contribution in [0.4, 0.5) is 0 Å². The monoisotopic (exact) mass is 285 g/mol. The summed E-state index contributed by atoms with van der Waals surface area (Å²) in [6.45, 7) is 0.635. The van der Waals surface area contributed by atoms with E-state index in [-0.39, 0.29) is 17.7 Å². The van der Waals surface area contributed by atoms with Gasteiger partial charge in [-0.15, -0.1) is 0 Å². The van der Waals surface area contributed by atoms with Crippen LogP contribution < -0.4 is 10.1 Å². The van der Waals surface area contributed by atoms with Crippen LogP contribution in [0.3, 0.4) is 0 Å². The van der Waals surface area contributed by atoms with Gasteiger partial charge >= 0.3 is 0 Å². The zero-order valence-corrected chi connectivity index (χ0v) is 11.4. The Bertz CT molecular complexity index is 713. The Morgan fingerprint density at radius 1 is 1.10 bits per heavy atom. The van der Waals surface area contributed by atoms with Crippen LogP contribution in [-0.4, -0.2) is 12.5 Å². The Morgan fingerprint density at radius 3 is 2.80 bits per heavy atom. The largest absolute Gasteiger partial charge is 0.457 e. The third-order valence-corrected chi connectivity index (χ3v) is 4.26. The number of ether oxygens (including phenoxy) is 1. The number of hydrogen-bond acceptors (Lipinski definition) is 2. The van der Waals surface area contributed by atoms with Crippen molar-refractivity contribution in [1.29, 1.82) is 0 Å². The van der Waals surface area contributed by atoms with Crippen molar-refractivity contribution in [2.45, 2.75) is 11.8 Å². The maximum atomic E-state index is 12.2. The van der Waals surface area contributed by atoms with Crippen LogP contribution in [-0.2, 0) is 4.79 Å². The molecule has 2 aliphatic rings. The molecule has 0 spiro atoms. The quantitative estimate of drug-likeness (QED) is 0.805. The minimum absolute atomic E-state index is 0.0406. The highest BCUT2D eigenvalue weighted by Gasteiger charge is 2.41. The summed E-state index contributed by atoms with van der Waals surface area (Å²) in [5.41, 5.74) is 1.94. The van der Waals surface area contributed by atoms with Gasteiger partial charge in [0.2, 0.25) is 5.91 Å². The molecular weight excluding hydrogens is 274 g/mol. The molecule has 0 bridgehead atoms. The second kappa shape index (κ2) is 4.25. The summed E-state index contributed by atoms with van der Waals surface area (Å²) >= 11 is 6.09. The van der Waals surface area contributed by atoms with Gasteiger partial charge in [-0.3, -0.25) is 4.79 Å². The lowest BCUT2D eigenvalue weighted by atomic mass is 9.84. The highest BCUT2D eigenvalue weighted by atomic mass is 35.5. The van der Waals surface area contributed by atoms with E-state index in [2.05, 4.69) is 5.32 Å². The molecule has 100 valence electrons. The first-order valence-corrected chi connectivity index (χ1v) is 6.96. The van der Waals surface area contributed by atoms with E-state index in [0.29, 0.717) is 17.3 Å². The lowest BCUT2D eigenvalue weighted by Crippen LogP contribution is -2.18. The fourth-order valence-corrected chi connectivity index (χ4v) is 3.30. The number of carbonyl (C=O) groups excluding carboxylic acids is 1. The number of halogens is 1. The molecule has 2 aromatic rings. The van der Waals surface area contributed by atoms with E-state index in [1.54, 1.807) is 6.07 Å². The average Bonchev–Trinajstić information content (AvgIpc) is 2.76. The summed E-state index contributed by atoms with van der Waals surface area (Å²) in [6, 6.07) is 13.4. The Labute approximate surface area is 121 Å². The number of nitrogens with one attached hydrogen (secondary N) is 1. The molecular formula is C16H12ClNO2. The Morgan fingerprint density at radius 2 is 1.90 bits per heavy atom. The van der Waals surface area contributed by atoms with Crippen LogP contribution in [0.25, 0.3) is 0 Å². The third kappa shape index (κ3) is 1.63. The Kier molecular flexibility index (Phi) is 2.51. The van der Waals surface area contributed by atoms with Crippen LogP contribution in [0.15, 0.2) is 42.5 Å². The van der Waals surface area contributed by atoms with Crippen LogP contribution in [0.5, 0.6) is 11.5 Å². The number of hydrogen-bond donors (Lipinski definition) is 1. The fraction of sp³-hybridized carbons (Fsp3) is 0.188. The lowest BCUT2D eigenvalue weighted by molar-refractivity contribution is -0.120. The van der Waals surface area contributed by atoms with Crippen LogP contribution >= 0.6 is 11.6 Å². The molecule has 4 rings (SSSR count). The fourth-order valence-electron chi connectivity index (χ4n) is 3.12. The molecule has 3 nitrogen and oxygen atoms in total. The maximum Gasteiger partial charge on any atom is 0.228 e. The van der Waals surface area contributed by atoms with Gasteiger partial charge in [-0.1, -0.05) is 29.8 Å². The maximum absolute atomic E-state index is 12.2. The predicted octanol–water partition coefficient (Wildman–Crippen LogP) is 3.44. The van der Waals surface area contributed by atoms with Gasteiger partial charge in [-0.05, 0) is 24.3 Å². The van der Waals surface area contributed by atoms with E-state index >= 15 is 0 Å². The normalized spacial score (nSPS) is 22.9. The van der Waals surface area contributed by atoms with Crippen molar-refractivity contribution in [2.24, 2.45) is 0 Å². The second-order valence-corrected chi connectivity index (χ2v) is 5.59. The number of amides is 1. The van der Waals surface area contributed by atoms with Gasteiger partial charge in [0.1, 0.15) is 11.5 Å². The summed E-state index contributed by atoms with van der Waals surface area (Å²) in [6.07, 6.45) is 0. The van der Waals surface area contributed by atoms with Gasteiger partial charge in [-0.25, -0.2) is 0 Å². The van der Waals surface area contributed by atoms with Crippen molar-refractivity contribution >= 4 is 17.5 Å². The SMILES string of the molecule is O=C1NCC2c3ccccc3Oc3ccc(Cl)cc3C12. The standard InChI is InChI=1S/C16H12ClNO2/c17-9-5-6-14-11(7-9)15-12(8-18-16(15)19)10-3-1-2-4-13(10)20-14/h1-7,12,15H,8H2,(H,18,19). The van der Waals surface area contributed by atoms with Crippen molar-refractivity contribution in [1.82, 2.24) is 5.32 Å². The van der Waals surface area contributed by atoms with Gasteiger partial charge in [0, 0.05) is 28.6 Å². The van der Waals surface area contributed by atoms with E-state index < -0.39 is 0 Å². The molecule has 2 atom stereocenters. The van der Waals surface area contributed by atoms with E-state index in [0.717, 1.165) is 16.9 Å². The second-order valence-electron chi connectivity index (χ2n) is 5.15. The molecule has 20 heavy (non-hydrogen) atoms. The first kappa shape index (κ1) is 11.8. The molecule has 1 N–H and O–H groups in total. The third-order valence-electron chi connectivity index (χ3n) is 4.03. The number of carbonyl (C=O) groups is 1. The molecule has 2 unspecified atom stereocenters. The number of para-hydroxylation sites is 1. The van der Waals surface area contributed by atoms with Crippen molar-refractivity contribution in [2.75, 3.05) is 6.54 Å². The van der Waals surface area contributed by atoms with Crippen molar-refractivity contribution in [3.63, 3.8) is 0 Å². The van der Waals surface area contributed by atoms with Crippen molar-refractivity contribution in [3.8, 4) is 11.5 Å². The van der Waals surface area contributed by atoms with Crippen LogP contribution in [0.2, 0.25) is 5.02 Å². The molecule has 2 aromatic carbocycles. The topological polar surface area (TPSA) is 38.3 Å². The zero-order chi connectivity index (χ0) is 13.7. The summed E-state index contributed by atoms with van der Waals surface area (Å²) in [4.78, 5) is 12.2. The summed E-state index contributed by atoms with van der Waals surface area (Å²) in [5.74, 6) is 1.44. The van der Waals surface area contributed by atoms with Crippen molar-refractivity contribution < 1.29 is 9.53 Å². The molecule has 2 heterocycles. The summed E-state index contributed by atoms with van der Waals surface area (Å²) in [5, 5.41) is 3.57. The highest BCUT2D eigenvalue weighted by molar-refractivity contribution is 6.30. The average molecular weight is 286 g/mol. The highest BCUT2D eigenvalue weighted by Crippen LogP contribution is 2.48. The van der Waals surface area contributed by atoms with E-state index in [1.165, 1.54) is 0 Å². The minimum Gasteiger partial charge on any atom is -0.457 e. The molecule has 1 saturated heterocycles. The predicted molar refractivity (Wildman–Crippen MR) is 76.5 cm³/mol.